The Labute approximate surface area is 226 Å². The lowest BCUT2D eigenvalue weighted by Gasteiger charge is -2.36. The summed E-state index contributed by atoms with van der Waals surface area (Å²) in [5, 5.41) is 12.2. The Balaban J connectivity index is 1.54. The van der Waals surface area contributed by atoms with Crippen LogP contribution in [-0.2, 0) is 22.4 Å². The molecule has 5 heteroatoms. The molecule has 198 valence electrons. The van der Waals surface area contributed by atoms with Crippen LogP contribution in [0.5, 0.6) is 0 Å². The maximum atomic E-state index is 13.8. The molecule has 0 radical (unpaired) electrons. The Bertz CT molecular complexity index is 1280. The number of benzene rings is 3. The van der Waals surface area contributed by atoms with Gasteiger partial charge in [0.15, 0.2) is 0 Å². The lowest BCUT2D eigenvalue weighted by molar-refractivity contribution is -0.131. The quantitative estimate of drug-likeness (QED) is 0.298. The van der Waals surface area contributed by atoms with E-state index in [1.165, 1.54) is 22.4 Å². The van der Waals surface area contributed by atoms with Crippen molar-refractivity contribution in [2.24, 2.45) is 5.41 Å². The average molecular weight is 511 g/mol. The zero-order chi connectivity index (χ0) is 27.1. The molecular formula is C33H38N2O3. The van der Waals surface area contributed by atoms with Crippen molar-refractivity contribution >= 4 is 29.3 Å². The van der Waals surface area contributed by atoms with Gasteiger partial charge in [-0.25, -0.2) is 4.79 Å². The van der Waals surface area contributed by atoms with Crippen molar-refractivity contribution in [1.82, 2.24) is 0 Å². The first-order valence-corrected chi connectivity index (χ1v) is 13.5. The Hall–Kier alpha value is -3.86. The van der Waals surface area contributed by atoms with Crippen LogP contribution in [0.4, 0.5) is 11.4 Å². The molecule has 3 aromatic rings. The molecule has 0 aromatic heterocycles. The van der Waals surface area contributed by atoms with Crippen LogP contribution in [0, 0.1) is 5.41 Å². The number of hydrogen-bond donors (Lipinski definition) is 2. The van der Waals surface area contributed by atoms with E-state index >= 15 is 0 Å². The third-order valence-corrected chi connectivity index (χ3v) is 7.61. The van der Waals surface area contributed by atoms with Crippen molar-refractivity contribution in [3.8, 4) is 11.1 Å². The summed E-state index contributed by atoms with van der Waals surface area (Å²) in [6.07, 6.45) is 9.19. The second-order valence-corrected chi connectivity index (χ2v) is 10.6. The minimum Gasteiger partial charge on any atom is -0.478 e. The summed E-state index contributed by atoms with van der Waals surface area (Å²) in [6, 6.07) is 23.0. The highest BCUT2D eigenvalue weighted by atomic mass is 16.4. The van der Waals surface area contributed by atoms with Gasteiger partial charge in [-0.15, -0.1) is 0 Å². The van der Waals surface area contributed by atoms with Crippen molar-refractivity contribution < 1.29 is 14.7 Å². The maximum absolute atomic E-state index is 13.8. The van der Waals surface area contributed by atoms with E-state index in [2.05, 4.69) is 65.7 Å². The normalized spacial score (nSPS) is 14.8. The van der Waals surface area contributed by atoms with Gasteiger partial charge in [-0.3, -0.25) is 4.79 Å². The summed E-state index contributed by atoms with van der Waals surface area (Å²) in [6.45, 7) is 2.05. The van der Waals surface area contributed by atoms with Crippen LogP contribution in [0.25, 0.3) is 17.2 Å². The summed E-state index contributed by atoms with van der Waals surface area (Å²) in [7, 11) is 4.08. The smallest absolute Gasteiger partial charge is 0.328 e. The molecule has 0 atom stereocenters. The van der Waals surface area contributed by atoms with Gasteiger partial charge in [-0.2, -0.15) is 0 Å². The van der Waals surface area contributed by atoms with Crippen LogP contribution >= 0.6 is 0 Å². The van der Waals surface area contributed by atoms with Crippen molar-refractivity contribution in [3.05, 3.63) is 89.5 Å². The summed E-state index contributed by atoms with van der Waals surface area (Å²) in [5.74, 6) is -0.933. The Kier molecular flexibility index (Phi) is 8.67. The number of carboxylic acids is 1. The molecule has 0 unspecified atom stereocenters. The maximum Gasteiger partial charge on any atom is 0.328 e. The molecule has 0 heterocycles. The number of aliphatic carboxylic acids is 1. The van der Waals surface area contributed by atoms with E-state index in [4.69, 9.17) is 5.11 Å². The predicted octanol–water partition coefficient (Wildman–Crippen LogP) is 7.21. The Morgan fingerprint density at radius 1 is 0.895 bits per heavy atom. The first-order chi connectivity index (χ1) is 18.3. The van der Waals surface area contributed by atoms with Crippen LogP contribution < -0.4 is 10.2 Å². The number of nitrogens with zero attached hydrogens (tertiary/aromatic N) is 1. The summed E-state index contributed by atoms with van der Waals surface area (Å²) in [4.78, 5) is 26.9. The number of carbonyl (C=O) groups is 2. The molecule has 2 N–H and O–H groups in total. The van der Waals surface area contributed by atoms with Gasteiger partial charge in [-0.05, 0) is 83.8 Å². The predicted molar refractivity (Wildman–Crippen MR) is 157 cm³/mol. The molecule has 0 saturated heterocycles. The number of aryl methyl sites for hydroxylation is 1. The van der Waals surface area contributed by atoms with Crippen molar-refractivity contribution in [2.45, 2.75) is 51.9 Å². The lowest BCUT2D eigenvalue weighted by Crippen LogP contribution is -2.40. The fourth-order valence-electron chi connectivity index (χ4n) is 5.39. The van der Waals surface area contributed by atoms with Gasteiger partial charge >= 0.3 is 5.97 Å². The van der Waals surface area contributed by atoms with E-state index in [1.54, 1.807) is 6.08 Å². The van der Waals surface area contributed by atoms with Gasteiger partial charge < -0.3 is 15.3 Å². The van der Waals surface area contributed by atoms with Crippen LogP contribution in [0.15, 0.2) is 72.8 Å². The number of amides is 1. The molecule has 38 heavy (non-hydrogen) atoms. The van der Waals surface area contributed by atoms with Gasteiger partial charge in [0.05, 0.1) is 5.41 Å². The molecule has 4 rings (SSSR count). The van der Waals surface area contributed by atoms with E-state index in [0.29, 0.717) is 6.42 Å². The van der Waals surface area contributed by atoms with Crippen LogP contribution in [-0.4, -0.2) is 31.1 Å². The highest BCUT2D eigenvalue weighted by Gasteiger charge is 2.39. The minimum absolute atomic E-state index is 0.0574. The summed E-state index contributed by atoms with van der Waals surface area (Å²) < 4.78 is 0. The molecule has 1 saturated carbocycles. The molecule has 1 fully saturated rings. The molecule has 0 bridgehead atoms. The van der Waals surface area contributed by atoms with E-state index in [9.17, 15) is 9.59 Å². The number of carbonyl (C=O) groups excluding carboxylic acids is 1. The second kappa shape index (κ2) is 12.1. The van der Waals surface area contributed by atoms with E-state index in [1.807, 2.05) is 32.3 Å². The third-order valence-electron chi connectivity index (χ3n) is 7.61. The topological polar surface area (TPSA) is 69.6 Å². The molecule has 0 aliphatic heterocycles. The largest absolute Gasteiger partial charge is 0.478 e. The van der Waals surface area contributed by atoms with Crippen molar-refractivity contribution in [3.63, 3.8) is 0 Å². The van der Waals surface area contributed by atoms with Gasteiger partial charge in [-0.1, -0.05) is 68.7 Å². The highest BCUT2D eigenvalue weighted by Crippen LogP contribution is 2.41. The van der Waals surface area contributed by atoms with Gasteiger partial charge in [0.2, 0.25) is 5.91 Å². The Morgan fingerprint density at radius 3 is 2.11 bits per heavy atom. The average Bonchev–Trinajstić information content (AvgIpc) is 2.92. The zero-order valence-corrected chi connectivity index (χ0v) is 22.7. The number of carboxylic acid groups (broad SMARTS) is 1. The SMILES string of the molecule is CCc1cc(/C=C/C(=O)O)cc(NC(=O)C2(Cc3ccc(-c4ccc(N(C)C)cc4)cc3)CCCCC2)c1. The summed E-state index contributed by atoms with van der Waals surface area (Å²) in [5.41, 5.74) is 6.78. The van der Waals surface area contributed by atoms with Crippen molar-refractivity contribution in [1.29, 1.82) is 0 Å². The monoisotopic (exact) mass is 510 g/mol. The lowest BCUT2D eigenvalue weighted by atomic mass is 9.69. The molecule has 1 amide bonds. The number of anilines is 2. The third kappa shape index (κ3) is 6.71. The van der Waals surface area contributed by atoms with E-state index in [0.717, 1.165) is 61.4 Å². The minimum atomic E-state index is -0.991. The first-order valence-electron chi connectivity index (χ1n) is 13.5. The standard InChI is InChI=1S/C33H38N2O3/c1-4-24-20-26(10-17-31(36)37)22-29(21-24)34-32(38)33(18-6-5-7-19-33)23-25-8-11-27(12-9-25)28-13-15-30(16-14-28)35(2)3/h8-17,20-22H,4-7,18-19,23H2,1-3H3,(H,34,38)(H,36,37)/b17-10+. The zero-order valence-electron chi connectivity index (χ0n) is 22.7. The van der Waals surface area contributed by atoms with Gasteiger partial charge in [0.1, 0.15) is 0 Å². The number of hydrogen-bond acceptors (Lipinski definition) is 3. The van der Waals surface area contributed by atoms with Crippen LogP contribution in [0.3, 0.4) is 0 Å². The van der Waals surface area contributed by atoms with Crippen LogP contribution in [0.1, 0.15) is 55.7 Å². The first kappa shape index (κ1) is 27.2. The molecule has 3 aromatic carbocycles. The van der Waals surface area contributed by atoms with E-state index < -0.39 is 11.4 Å². The van der Waals surface area contributed by atoms with E-state index in [-0.39, 0.29) is 5.91 Å². The molecule has 5 nitrogen and oxygen atoms in total. The molecular weight excluding hydrogens is 472 g/mol. The second-order valence-electron chi connectivity index (χ2n) is 10.6. The molecule has 1 aliphatic carbocycles. The molecule has 0 spiro atoms. The number of rotatable bonds is 9. The Morgan fingerprint density at radius 2 is 1.53 bits per heavy atom. The fourth-order valence-corrected chi connectivity index (χ4v) is 5.39. The summed E-state index contributed by atoms with van der Waals surface area (Å²) >= 11 is 0. The number of nitrogens with one attached hydrogen (secondary N) is 1. The fraction of sp³-hybridized carbons (Fsp3) is 0.333. The highest BCUT2D eigenvalue weighted by molar-refractivity contribution is 5.96. The van der Waals surface area contributed by atoms with Crippen molar-refractivity contribution in [2.75, 3.05) is 24.3 Å². The van der Waals surface area contributed by atoms with Crippen LogP contribution in [0.2, 0.25) is 0 Å². The van der Waals surface area contributed by atoms with Gasteiger partial charge in [0.25, 0.3) is 0 Å². The van der Waals surface area contributed by atoms with Gasteiger partial charge in [0, 0.05) is 31.5 Å². The molecule has 1 aliphatic rings.